The number of imide groups is 1. The molecule has 0 unspecified atom stereocenters. The van der Waals surface area contributed by atoms with Crippen LogP contribution in [-0.4, -0.2) is 38.5 Å². The summed E-state index contributed by atoms with van der Waals surface area (Å²) < 4.78 is 2.00. The second kappa shape index (κ2) is 8.57. The van der Waals surface area contributed by atoms with E-state index in [0.717, 1.165) is 29.1 Å². The Morgan fingerprint density at radius 1 is 1.14 bits per heavy atom. The van der Waals surface area contributed by atoms with E-state index in [0.29, 0.717) is 11.7 Å². The second-order valence-electron chi connectivity index (χ2n) is 6.44. The lowest BCUT2D eigenvalue weighted by atomic mass is 10.2. The smallest absolute Gasteiger partial charge is 0.321 e. The van der Waals surface area contributed by atoms with Gasteiger partial charge in [0.2, 0.25) is 5.91 Å². The van der Waals surface area contributed by atoms with Crippen LogP contribution in [0.1, 0.15) is 18.4 Å². The number of aromatic nitrogens is 3. The lowest BCUT2D eigenvalue weighted by Gasteiger charge is -2.10. The fraction of sp³-hybridized carbons (Fsp3) is 0.263. The van der Waals surface area contributed by atoms with Gasteiger partial charge >= 0.3 is 6.03 Å². The predicted molar refractivity (Wildman–Crippen MR) is 109 cm³/mol. The van der Waals surface area contributed by atoms with Gasteiger partial charge in [0.25, 0.3) is 0 Å². The summed E-state index contributed by atoms with van der Waals surface area (Å²) in [7, 11) is 0. The Bertz CT molecular complexity index is 952. The van der Waals surface area contributed by atoms with Gasteiger partial charge in [-0.3, -0.25) is 14.7 Å². The number of benzene rings is 1. The third kappa shape index (κ3) is 4.79. The standard InChI is InChI=1S/C19H19N5O2S2/c25-16(21-18(26)20-14-8-9-14)12-28-19-23-22-17(15-7-4-10-27-15)24(19)11-13-5-2-1-3-6-13/h1-7,10,14H,8-9,11-12H2,(H2,20,21,25,26). The van der Waals surface area contributed by atoms with Gasteiger partial charge in [-0.25, -0.2) is 4.79 Å². The highest BCUT2D eigenvalue weighted by molar-refractivity contribution is 7.99. The molecule has 0 spiro atoms. The molecular weight excluding hydrogens is 394 g/mol. The van der Waals surface area contributed by atoms with Gasteiger partial charge in [-0.15, -0.1) is 21.5 Å². The lowest BCUT2D eigenvalue weighted by molar-refractivity contribution is -0.117. The van der Waals surface area contributed by atoms with Crippen LogP contribution in [0.3, 0.4) is 0 Å². The molecule has 9 heteroatoms. The van der Waals surface area contributed by atoms with E-state index < -0.39 is 6.03 Å². The Balaban J connectivity index is 1.46. The molecule has 7 nitrogen and oxygen atoms in total. The highest BCUT2D eigenvalue weighted by atomic mass is 32.2. The Morgan fingerprint density at radius 3 is 2.68 bits per heavy atom. The first-order valence-electron chi connectivity index (χ1n) is 8.93. The quantitative estimate of drug-likeness (QED) is 0.581. The second-order valence-corrected chi connectivity index (χ2v) is 8.33. The summed E-state index contributed by atoms with van der Waals surface area (Å²) >= 11 is 2.86. The Kier molecular flexibility index (Phi) is 5.73. The van der Waals surface area contributed by atoms with Gasteiger partial charge in [-0.05, 0) is 29.9 Å². The number of nitrogens with one attached hydrogen (secondary N) is 2. The average molecular weight is 414 g/mol. The van der Waals surface area contributed by atoms with Gasteiger partial charge in [-0.1, -0.05) is 48.2 Å². The summed E-state index contributed by atoms with van der Waals surface area (Å²) in [6, 6.07) is 13.8. The summed E-state index contributed by atoms with van der Waals surface area (Å²) in [5, 5.41) is 16.3. The van der Waals surface area contributed by atoms with E-state index in [-0.39, 0.29) is 17.7 Å². The van der Waals surface area contributed by atoms with Crippen molar-refractivity contribution in [2.45, 2.75) is 30.6 Å². The minimum atomic E-state index is -0.432. The monoisotopic (exact) mass is 413 g/mol. The molecule has 1 saturated carbocycles. The van der Waals surface area contributed by atoms with Crippen LogP contribution >= 0.6 is 23.1 Å². The minimum Gasteiger partial charge on any atom is -0.335 e. The number of urea groups is 1. The fourth-order valence-electron chi connectivity index (χ4n) is 2.63. The number of carbonyl (C=O) groups excluding carboxylic acids is 2. The summed E-state index contributed by atoms with van der Waals surface area (Å²) in [4.78, 5) is 24.8. The largest absolute Gasteiger partial charge is 0.335 e. The molecule has 1 fully saturated rings. The molecule has 3 amide bonds. The first kappa shape index (κ1) is 18.7. The predicted octanol–water partition coefficient (Wildman–Crippen LogP) is 3.14. The summed E-state index contributed by atoms with van der Waals surface area (Å²) in [5.41, 5.74) is 1.12. The normalized spacial score (nSPS) is 13.3. The molecule has 1 aliphatic carbocycles. The maximum Gasteiger partial charge on any atom is 0.321 e. The number of hydrogen-bond acceptors (Lipinski definition) is 6. The van der Waals surface area contributed by atoms with E-state index in [1.807, 2.05) is 52.4 Å². The summed E-state index contributed by atoms with van der Waals surface area (Å²) in [6.45, 7) is 0.604. The number of carbonyl (C=O) groups is 2. The molecule has 0 saturated heterocycles. The van der Waals surface area contributed by atoms with Gasteiger partial charge in [0.1, 0.15) is 0 Å². The van der Waals surface area contributed by atoms with Crippen molar-refractivity contribution in [2.75, 3.05) is 5.75 Å². The number of thioether (sulfide) groups is 1. The van der Waals surface area contributed by atoms with E-state index in [1.165, 1.54) is 11.8 Å². The maximum atomic E-state index is 12.1. The molecule has 0 atom stereocenters. The Labute approximate surface area is 170 Å². The molecule has 1 aliphatic rings. The zero-order chi connectivity index (χ0) is 19.3. The van der Waals surface area contributed by atoms with E-state index in [4.69, 9.17) is 0 Å². The molecule has 1 aromatic carbocycles. The van der Waals surface area contributed by atoms with Crippen LogP contribution in [0.4, 0.5) is 4.79 Å². The van der Waals surface area contributed by atoms with Crippen molar-refractivity contribution >= 4 is 35.0 Å². The van der Waals surface area contributed by atoms with Crippen LogP contribution in [0.5, 0.6) is 0 Å². The molecule has 144 valence electrons. The Hall–Kier alpha value is -2.65. The van der Waals surface area contributed by atoms with Crippen LogP contribution < -0.4 is 10.6 Å². The fourth-order valence-corrected chi connectivity index (χ4v) is 4.09. The number of amides is 3. The van der Waals surface area contributed by atoms with Gasteiger partial charge in [0, 0.05) is 6.04 Å². The lowest BCUT2D eigenvalue weighted by Crippen LogP contribution is -2.41. The van der Waals surface area contributed by atoms with E-state index >= 15 is 0 Å². The van der Waals surface area contributed by atoms with Crippen LogP contribution in [-0.2, 0) is 11.3 Å². The third-order valence-corrected chi connectivity index (χ3v) is 5.97. The van der Waals surface area contributed by atoms with Crippen molar-refractivity contribution in [1.29, 1.82) is 0 Å². The molecule has 4 rings (SSSR count). The molecular formula is C19H19N5O2S2. The van der Waals surface area contributed by atoms with E-state index in [9.17, 15) is 9.59 Å². The topological polar surface area (TPSA) is 88.9 Å². The number of thiophene rings is 1. The van der Waals surface area contributed by atoms with Gasteiger partial charge in [-0.2, -0.15) is 0 Å². The third-order valence-electron chi connectivity index (χ3n) is 4.14. The molecule has 2 heterocycles. The van der Waals surface area contributed by atoms with Crippen molar-refractivity contribution in [1.82, 2.24) is 25.4 Å². The van der Waals surface area contributed by atoms with E-state index in [1.54, 1.807) is 11.3 Å². The number of nitrogens with zero attached hydrogens (tertiary/aromatic N) is 3. The summed E-state index contributed by atoms with van der Waals surface area (Å²) in [5.74, 6) is 0.512. The molecule has 3 aromatic rings. The van der Waals surface area contributed by atoms with E-state index in [2.05, 4.69) is 20.8 Å². The number of rotatable bonds is 7. The summed E-state index contributed by atoms with van der Waals surface area (Å²) in [6.07, 6.45) is 1.95. The molecule has 0 bridgehead atoms. The van der Waals surface area contributed by atoms with Crippen LogP contribution in [0.25, 0.3) is 10.7 Å². The van der Waals surface area contributed by atoms with Crippen molar-refractivity contribution < 1.29 is 9.59 Å². The van der Waals surface area contributed by atoms with Gasteiger partial charge < -0.3 is 5.32 Å². The van der Waals surface area contributed by atoms with Crippen molar-refractivity contribution in [3.8, 4) is 10.7 Å². The number of hydrogen-bond donors (Lipinski definition) is 2. The maximum absolute atomic E-state index is 12.1. The Morgan fingerprint density at radius 2 is 1.96 bits per heavy atom. The van der Waals surface area contributed by atoms with Crippen molar-refractivity contribution in [3.05, 3.63) is 53.4 Å². The average Bonchev–Trinajstić information content (AvgIpc) is 3.17. The SMILES string of the molecule is O=C(CSc1nnc(-c2cccs2)n1Cc1ccccc1)NC(=O)NC1CC1. The van der Waals surface area contributed by atoms with Gasteiger partial charge in [0.05, 0.1) is 17.2 Å². The highest BCUT2D eigenvalue weighted by Crippen LogP contribution is 2.28. The van der Waals surface area contributed by atoms with Crippen molar-refractivity contribution in [2.24, 2.45) is 0 Å². The molecule has 0 aliphatic heterocycles. The minimum absolute atomic E-state index is 0.0927. The zero-order valence-corrected chi connectivity index (χ0v) is 16.6. The van der Waals surface area contributed by atoms with Crippen LogP contribution in [0, 0.1) is 0 Å². The van der Waals surface area contributed by atoms with Gasteiger partial charge in [0.15, 0.2) is 11.0 Å². The highest BCUT2D eigenvalue weighted by Gasteiger charge is 2.24. The molecule has 0 radical (unpaired) electrons. The molecule has 28 heavy (non-hydrogen) atoms. The molecule has 2 N–H and O–H groups in total. The van der Waals surface area contributed by atoms with Crippen LogP contribution in [0.15, 0.2) is 53.0 Å². The van der Waals surface area contributed by atoms with Crippen LogP contribution in [0.2, 0.25) is 0 Å². The first-order chi connectivity index (χ1) is 13.7. The van der Waals surface area contributed by atoms with Crippen molar-refractivity contribution in [3.63, 3.8) is 0 Å². The first-order valence-corrected chi connectivity index (χ1v) is 10.8. The zero-order valence-electron chi connectivity index (χ0n) is 15.0. The molecule has 2 aromatic heterocycles.